The summed E-state index contributed by atoms with van der Waals surface area (Å²) in [4.78, 5) is 29.6. The Balaban J connectivity index is 1.36. The molecule has 0 aromatic heterocycles. The van der Waals surface area contributed by atoms with Crippen molar-refractivity contribution in [2.45, 2.75) is 30.2 Å². The van der Waals surface area contributed by atoms with Crippen LogP contribution in [0.2, 0.25) is 0 Å². The molecule has 2 saturated heterocycles. The molecule has 7 nitrogen and oxygen atoms in total. The number of sulfonamides is 1. The third-order valence-electron chi connectivity index (χ3n) is 6.54. The van der Waals surface area contributed by atoms with Gasteiger partial charge in [0.25, 0.3) is 5.91 Å². The average molecular weight is 440 g/mol. The molecule has 2 aromatic rings. The van der Waals surface area contributed by atoms with Gasteiger partial charge in [0.15, 0.2) is 0 Å². The van der Waals surface area contributed by atoms with Gasteiger partial charge in [0.2, 0.25) is 15.9 Å². The lowest BCUT2D eigenvalue weighted by atomic mass is 9.90. The molecule has 2 aromatic carbocycles. The normalized spacial score (nSPS) is 21.7. The van der Waals surface area contributed by atoms with Crippen LogP contribution in [0, 0.1) is 0 Å². The van der Waals surface area contributed by atoms with Crippen LogP contribution in [-0.2, 0) is 21.2 Å². The largest absolute Gasteiger partial charge is 0.332 e. The zero-order chi connectivity index (χ0) is 21.6. The number of hydrogen-bond acceptors (Lipinski definition) is 4. The summed E-state index contributed by atoms with van der Waals surface area (Å²) in [6.45, 7) is 2.24. The molecule has 2 amide bonds. The van der Waals surface area contributed by atoms with E-state index in [4.69, 9.17) is 0 Å². The van der Waals surface area contributed by atoms with Crippen LogP contribution in [0.5, 0.6) is 0 Å². The number of nitrogens with zero attached hydrogens (tertiary/aromatic N) is 3. The average Bonchev–Trinajstić information content (AvgIpc) is 3.34. The van der Waals surface area contributed by atoms with Crippen LogP contribution < -0.4 is 0 Å². The fraction of sp³-hybridized carbons (Fsp3) is 0.391. The Hall–Kier alpha value is -2.71. The molecule has 0 bridgehead atoms. The Morgan fingerprint density at radius 1 is 0.935 bits per heavy atom. The predicted molar refractivity (Wildman–Crippen MR) is 115 cm³/mol. The van der Waals surface area contributed by atoms with Crippen molar-refractivity contribution in [3.63, 3.8) is 0 Å². The minimum Gasteiger partial charge on any atom is -0.332 e. The molecule has 31 heavy (non-hydrogen) atoms. The van der Waals surface area contributed by atoms with Crippen molar-refractivity contribution in [2.24, 2.45) is 0 Å². The van der Waals surface area contributed by atoms with Gasteiger partial charge < -0.3 is 9.80 Å². The van der Waals surface area contributed by atoms with E-state index in [9.17, 15) is 18.0 Å². The van der Waals surface area contributed by atoms with Crippen molar-refractivity contribution in [3.8, 4) is 0 Å². The zero-order valence-electron chi connectivity index (χ0n) is 17.2. The molecule has 1 atom stereocenters. The molecule has 3 aliphatic rings. The number of fused-ring (bicyclic) bond motifs is 3. The van der Waals surface area contributed by atoms with Crippen molar-refractivity contribution in [1.82, 2.24) is 14.1 Å². The molecule has 0 spiro atoms. The Morgan fingerprint density at radius 3 is 2.39 bits per heavy atom. The minimum absolute atomic E-state index is 0.0470. The monoisotopic (exact) mass is 439 g/mol. The smallest absolute Gasteiger partial charge is 0.254 e. The Labute approximate surface area is 182 Å². The van der Waals surface area contributed by atoms with Crippen LogP contribution in [0.1, 0.15) is 40.4 Å². The maximum absolute atomic E-state index is 13.1. The molecule has 3 heterocycles. The summed E-state index contributed by atoms with van der Waals surface area (Å²) in [5.74, 6) is -0.298. The van der Waals surface area contributed by atoms with Crippen molar-refractivity contribution in [3.05, 3.63) is 65.2 Å². The first kappa shape index (κ1) is 20.2. The highest BCUT2D eigenvalue weighted by Crippen LogP contribution is 2.33. The minimum atomic E-state index is -3.52. The first-order chi connectivity index (χ1) is 14.9. The van der Waals surface area contributed by atoms with Gasteiger partial charge in [0.05, 0.1) is 10.9 Å². The second-order valence-electron chi connectivity index (χ2n) is 8.37. The standard InChI is InChI=1S/C23H25N3O4S/c27-22-16-24(15-21-20-6-2-1-5-17(20)11-14-26(21)22)23(28)18-7-9-19(10-8-18)31(29,30)25-12-3-4-13-25/h1-2,5-10,21H,3-4,11-16H2. The van der Waals surface area contributed by atoms with E-state index in [-0.39, 0.29) is 29.3 Å². The fourth-order valence-corrected chi connectivity index (χ4v) is 6.38. The van der Waals surface area contributed by atoms with E-state index in [2.05, 4.69) is 6.07 Å². The SMILES string of the molecule is O=C(c1ccc(S(=O)(=O)N2CCCC2)cc1)N1CC(=O)N2CCc3ccccc3C2C1. The van der Waals surface area contributed by atoms with Crippen LogP contribution in [0.15, 0.2) is 53.4 Å². The lowest BCUT2D eigenvalue weighted by molar-refractivity contribution is -0.139. The first-order valence-corrected chi connectivity index (χ1v) is 12.2. The highest BCUT2D eigenvalue weighted by molar-refractivity contribution is 7.89. The highest BCUT2D eigenvalue weighted by atomic mass is 32.2. The van der Waals surface area contributed by atoms with Gasteiger partial charge in [-0.1, -0.05) is 24.3 Å². The number of piperazine rings is 1. The van der Waals surface area contributed by atoms with Crippen LogP contribution >= 0.6 is 0 Å². The molecule has 0 N–H and O–H groups in total. The van der Waals surface area contributed by atoms with Crippen LogP contribution in [-0.4, -0.2) is 67.1 Å². The molecular weight excluding hydrogens is 414 g/mol. The van der Waals surface area contributed by atoms with Gasteiger partial charge in [0, 0.05) is 31.7 Å². The van der Waals surface area contributed by atoms with Gasteiger partial charge in [-0.15, -0.1) is 0 Å². The lowest BCUT2D eigenvalue weighted by Crippen LogP contribution is -2.55. The second-order valence-corrected chi connectivity index (χ2v) is 10.3. The zero-order valence-corrected chi connectivity index (χ0v) is 18.1. The van der Waals surface area contributed by atoms with Gasteiger partial charge in [-0.25, -0.2) is 8.42 Å². The third kappa shape index (κ3) is 3.53. The summed E-state index contributed by atoms with van der Waals surface area (Å²) < 4.78 is 26.9. The van der Waals surface area contributed by atoms with E-state index in [1.54, 1.807) is 17.0 Å². The van der Waals surface area contributed by atoms with Crippen molar-refractivity contribution >= 4 is 21.8 Å². The number of carbonyl (C=O) groups excluding carboxylic acids is 2. The number of amides is 2. The Bertz CT molecular complexity index is 1120. The van der Waals surface area contributed by atoms with Crippen molar-refractivity contribution < 1.29 is 18.0 Å². The van der Waals surface area contributed by atoms with E-state index in [1.807, 2.05) is 23.1 Å². The van der Waals surface area contributed by atoms with Gasteiger partial charge in [-0.2, -0.15) is 4.31 Å². The third-order valence-corrected chi connectivity index (χ3v) is 8.46. The van der Waals surface area contributed by atoms with Gasteiger partial charge in [-0.3, -0.25) is 9.59 Å². The Morgan fingerprint density at radius 2 is 1.65 bits per heavy atom. The van der Waals surface area contributed by atoms with Crippen LogP contribution in [0.25, 0.3) is 0 Å². The first-order valence-electron chi connectivity index (χ1n) is 10.7. The summed E-state index contributed by atoms with van der Waals surface area (Å²) >= 11 is 0. The summed E-state index contributed by atoms with van der Waals surface area (Å²) in [5, 5.41) is 0. The predicted octanol–water partition coefficient (Wildman–Crippen LogP) is 2.05. The number of carbonyl (C=O) groups is 2. The molecular formula is C23H25N3O4S. The molecule has 0 radical (unpaired) electrons. The van der Waals surface area contributed by atoms with E-state index >= 15 is 0 Å². The summed E-state index contributed by atoms with van der Waals surface area (Å²) in [6.07, 6.45) is 2.58. The summed E-state index contributed by atoms with van der Waals surface area (Å²) in [7, 11) is -3.52. The van der Waals surface area contributed by atoms with Crippen LogP contribution in [0.4, 0.5) is 0 Å². The van der Waals surface area contributed by atoms with E-state index in [0.717, 1.165) is 24.8 Å². The molecule has 8 heteroatoms. The molecule has 0 saturated carbocycles. The maximum atomic E-state index is 13.1. The molecule has 5 rings (SSSR count). The number of rotatable bonds is 3. The second kappa shape index (κ2) is 7.76. The van der Waals surface area contributed by atoms with E-state index in [1.165, 1.54) is 22.0 Å². The lowest BCUT2D eigenvalue weighted by Gasteiger charge is -2.44. The fourth-order valence-electron chi connectivity index (χ4n) is 4.86. The number of hydrogen-bond donors (Lipinski definition) is 0. The molecule has 162 valence electrons. The van der Waals surface area contributed by atoms with Crippen molar-refractivity contribution in [2.75, 3.05) is 32.7 Å². The topological polar surface area (TPSA) is 78.0 Å². The highest BCUT2D eigenvalue weighted by Gasteiger charge is 2.38. The number of benzene rings is 2. The van der Waals surface area contributed by atoms with Gasteiger partial charge >= 0.3 is 0 Å². The van der Waals surface area contributed by atoms with E-state index in [0.29, 0.717) is 31.7 Å². The van der Waals surface area contributed by atoms with Gasteiger partial charge in [0.1, 0.15) is 6.54 Å². The molecule has 1 unspecified atom stereocenters. The van der Waals surface area contributed by atoms with Crippen LogP contribution in [0.3, 0.4) is 0 Å². The van der Waals surface area contributed by atoms with Gasteiger partial charge in [-0.05, 0) is 54.7 Å². The van der Waals surface area contributed by atoms with Crippen molar-refractivity contribution in [1.29, 1.82) is 0 Å². The summed E-state index contributed by atoms with van der Waals surface area (Å²) in [6, 6.07) is 14.0. The Kier molecular flexibility index (Phi) is 5.06. The molecule has 0 aliphatic carbocycles. The molecule has 3 aliphatic heterocycles. The molecule has 2 fully saturated rings. The quantitative estimate of drug-likeness (QED) is 0.733. The summed E-state index contributed by atoms with van der Waals surface area (Å²) in [5.41, 5.74) is 2.72. The maximum Gasteiger partial charge on any atom is 0.254 e. The van der Waals surface area contributed by atoms with E-state index < -0.39 is 10.0 Å².